The van der Waals surface area contributed by atoms with Crippen LogP contribution in [0.1, 0.15) is 22.3 Å². The van der Waals surface area contributed by atoms with E-state index in [-0.39, 0.29) is 18.3 Å². The number of thioether (sulfide) groups is 1. The number of hydrogen-bond acceptors (Lipinski definition) is 4. The van der Waals surface area contributed by atoms with Gasteiger partial charge in [-0.2, -0.15) is 5.26 Å². The van der Waals surface area contributed by atoms with E-state index in [0.29, 0.717) is 5.56 Å². The summed E-state index contributed by atoms with van der Waals surface area (Å²) in [6.07, 6.45) is 0. The van der Waals surface area contributed by atoms with Gasteiger partial charge in [0.2, 0.25) is 0 Å². The molecular formula is C18H16BrNO2S. The number of aryl methyl sites for hydroxylation is 2. The molecule has 0 aliphatic carbocycles. The maximum absolute atomic E-state index is 11.9. The number of halogens is 1. The van der Waals surface area contributed by atoms with E-state index in [0.717, 1.165) is 26.1 Å². The maximum atomic E-state index is 11.9. The molecule has 118 valence electrons. The lowest BCUT2D eigenvalue weighted by Gasteiger charge is -2.09. The minimum Gasteiger partial charge on any atom is -0.460 e. The fourth-order valence-corrected chi connectivity index (χ4v) is 3.36. The molecule has 5 heteroatoms. The fraction of sp³-hybridized carbons (Fsp3) is 0.222. The number of ether oxygens (including phenoxy) is 1. The van der Waals surface area contributed by atoms with Crippen molar-refractivity contribution in [3.63, 3.8) is 0 Å². The Bertz CT molecular complexity index is 768. The van der Waals surface area contributed by atoms with Gasteiger partial charge in [-0.1, -0.05) is 34.1 Å². The zero-order chi connectivity index (χ0) is 16.8. The van der Waals surface area contributed by atoms with Crippen molar-refractivity contribution in [2.45, 2.75) is 25.3 Å². The van der Waals surface area contributed by atoms with Crippen molar-refractivity contribution in [2.75, 3.05) is 5.75 Å². The zero-order valence-electron chi connectivity index (χ0n) is 12.9. The van der Waals surface area contributed by atoms with Gasteiger partial charge in [0, 0.05) is 14.9 Å². The van der Waals surface area contributed by atoms with Crippen LogP contribution in [0.2, 0.25) is 0 Å². The van der Waals surface area contributed by atoms with Crippen molar-refractivity contribution in [3.8, 4) is 6.07 Å². The Morgan fingerprint density at radius 3 is 2.74 bits per heavy atom. The van der Waals surface area contributed by atoms with Crippen LogP contribution in [0.5, 0.6) is 0 Å². The van der Waals surface area contributed by atoms with E-state index in [9.17, 15) is 4.79 Å². The highest BCUT2D eigenvalue weighted by Gasteiger charge is 2.09. The number of benzene rings is 2. The normalized spacial score (nSPS) is 10.2. The standard InChI is InChI=1S/C18H16BrNO2S/c1-12-8-17(13(2)7-16(12)19)23-11-18(21)22-10-15-6-4-3-5-14(15)9-20/h3-8H,10-11H2,1-2H3. The quantitative estimate of drug-likeness (QED) is 0.545. The Kier molecular flexibility index (Phi) is 6.26. The van der Waals surface area contributed by atoms with Gasteiger partial charge >= 0.3 is 5.97 Å². The highest BCUT2D eigenvalue weighted by Crippen LogP contribution is 2.28. The third-order valence-electron chi connectivity index (χ3n) is 3.33. The summed E-state index contributed by atoms with van der Waals surface area (Å²) < 4.78 is 6.33. The number of nitriles is 1. The molecule has 0 aromatic heterocycles. The minimum atomic E-state index is -0.289. The monoisotopic (exact) mass is 389 g/mol. The molecule has 23 heavy (non-hydrogen) atoms. The Labute approximate surface area is 148 Å². The molecule has 0 aliphatic heterocycles. The second-order valence-corrected chi connectivity index (χ2v) is 6.96. The first kappa shape index (κ1) is 17.6. The fourth-order valence-electron chi connectivity index (χ4n) is 2.00. The SMILES string of the molecule is Cc1cc(SCC(=O)OCc2ccccc2C#N)c(C)cc1Br. The molecule has 2 aromatic carbocycles. The molecule has 0 radical (unpaired) electrons. The van der Waals surface area contributed by atoms with Crippen molar-refractivity contribution in [1.29, 1.82) is 5.26 Å². The summed E-state index contributed by atoms with van der Waals surface area (Å²) in [5.41, 5.74) is 3.51. The molecule has 0 unspecified atom stereocenters. The summed E-state index contributed by atoms with van der Waals surface area (Å²) in [6.45, 7) is 4.16. The molecule has 0 N–H and O–H groups in total. The topological polar surface area (TPSA) is 50.1 Å². The van der Waals surface area contributed by atoms with Crippen molar-refractivity contribution in [3.05, 3.63) is 63.1 Å². The molecule has 0 heterocycles. The van der Waals surface area contributed by atoms with E-state index in [4.69, 9.17) is 10.00 Å². The van der Waals surface area contributed by atoms with E-state index in [1.54, 1.807) is 18.2 Å². The van der Waals surface area contributed by atoms with Gasteiger partial charge in [-0.15, -0.1) is 11.8 Å². The van der Waals surface area contributed by atoms with Gasteiger partial charge in [0.1, 0.15) is 6.61 Å². The van der Waals surface area contributed by atoms with Gasteiger partial charge < -0.3 is 4.74 Å². The predicted molar refractivity (Wildman–Crippen MR) is 95.3 cm³/mol. The molecule has 0 fully saturated rings. The third kappa shape index (κ3) is 4.85. The molecule has 3 nitrogen and oxygen atoms in total. The molecule has 0 spiro atoms. The molecule has 0 amide bonds. The summed E-state index contributed by atoms with van der Waals surface area (Å²) in [5.74, 6) is -0.0425. The summed E-state index contributed by atoms with van der Waals surface area (Å²) in [6, 6.07) is 13.3. The molecule has 0 saturated heterocycles. The number of rotatable bonds is 5. The number of carbonyl (C=O) groups is 1. The molecule has 2 rings (SSSR count). The van der Waals surface area contributed by atoms with Crippen molar-refractivity contribution in [1.82, 2.24) is 0 Å². The van der Waals surface area contributed by atoms with Crippen molar-refractivity contribution >= 4 is 33.7 Å². The van der Waals surface area contributed by atoms with Crippen LogP contribution in [0.3, 0.4) is 0 Å². The lowest BCUT2D eigenvalue weighted by atomic mass is 10.1. The van der Waals surface area contributed by atoms with Gasteiger partial charge in [-0.25, -0.2) is 0 Å². The van der Waals surface area contributed by atoms with Crippen LogP contribution in [-0.4, -0.2) is 11.7 Å². The van der Waals surface area contributed by atoms with Crippen molar-refractivity contribution in [2.24, 2.45) is 0 Å². The minimum absolute atomic E-state index is 0.126. The lowest BCUT2D eigenvalue weighted by Crippen LogP contribution is -2.08. The molecule has 0 atom stereocenters. The van der Waals surface area contributed by atoms with E-state index in [1.807, 2.05) is 26.0 Å². The summed E-state index contributed by atoms with van der Waals surface area (Å²) in [5, 5.41) is 9.02. The molecular weight excluding hydrogens is 374 g/mol. The van der Waals surface area contributed by atoms with Gasteiger partial charge in [0.15, 0.2) is 0 Å². The average molecular weight is 390 g/mol. The third-order valence-corrected chi connectivity index (χ3v) is 5.31. The Balaban J connectivity index is 1.91. The van der Waals surface area contributed by atoms with E-state index < -0.39 is 0 Å². The summed E-state index contributed by atoms with van der Waals surface area (Å²) in [4.78, 5) is 13.0. The maximum Gasteiger partial charge on any atom is 0.316 e. The van der Waals surface area contributed by atoms with Crippen LogP contribution in [0.15, 0.2) is 45.8 Å². The highest BCUT2D eigenvalue weighted by atomic mass is 79.9. The first-order valence-corrected chi connectivity index (χ1v) is 8.82. The second-order valence-electron chi connectivity index (χ2n) is 5.09. The van der Waals surface area contributed by atoms with Crippen LogP contribution in [0.25, 0.3) is 0 Å². The predicted octanol–water partition coefficient (Wildman–Crippen LogP) is 4.77. The Morgan fingerprint density at radius 2 is 2.00 bits per heavy atom. The van der Waals surface area contributed by atoms with Crippen LogP contribution < -0.4 is 0 Å². The smallest absolute Gasteiger partial charge is 0.316 e. The zero-order valence-corrected chi connectivity index (χ0v) is 15.3. The van der Waals surface area contributed by atoms with E-state index in [2.05, 4.69) is 28.1 Å². The molecule has 0 bridgehead atoms. The van der Waals surface area contributed by atoms with Crippen molar-refractivity contribution < 1.29 is 9.53 Å². The first-order valence-electron chi connectivity index (χ1n) is 7.04. The van der Waals surface area contributed by atoms with Gasteiger partial charge in [0.05, 0.1) is 17.4 Å². The van der Waals surface area contributed by atoms with Gasteiger partial charge in [-0.3, -0.25) is 4.79 Å². The molecule has 2 aromatic rings. The molecule has 0 saturated carbocycles. The van der Waals surface area contributed by atoms with Crippen LogP contribution in [0, 0.1) is 25.2 Å². The molecule has 0 aliphatic rings. The Hall–Kier alpha value is -1.77. The van der Waals surface area contributed by atoms with Gasteiger partial charge in [-0.05, 0) is 43.2 Å². The highest BCUT2D eigenvalue weighted by molar-refractivity contribution is 9.10. The number of hydrogen-bond donors (Lipinski definition) is 0. The second kappa shape index (κ2) is 8.19. The number of esters is 1. The first-order chi connectivity index (χ1) is 11.0. The van der Waals surface area contributed by atoms with Crippen LogP contribution >= 0.6 is 27.7 Å². The average Bonchev–Trinajstić information content (AvgIpc) is 2.55. The van der Waals surface area contributed by atoms with Crippen LogP contribution in [0.4, 0.5) is 0 Å². The largest absolute Gasteiger partial charge is 0.460 e. The van der Waals surface area contributed by atoms with E-state index in [1.165, 1.54) is 11.8 Å². The van der Waals surface area contributed by atoms with Gasteiger partial charge in [0.25, 0.3) is 0 Å². The summed E-state index contributed by atoms with van der Waals surface area (Å²) >= 11 is 4.96. The summed E-state index contributed by atoms with van der Waals surface area (Å²) in [7, 11) is 0. The van der Waals surface area contributed by atoms with E-state index >= 15 is 0 Å². The number of nitrogens with zero attached hydrogens (tertiary/aromatic N) is 1. The van der Waals surface area contributed by atoms with Crippen LogP contribution in [-0.2, 0) is 16.1 Å². The number of carbonyl (C=O) groups excluding carboxylic acids is 1. The Morgan fingerprint density at radius 1 is 1.26 bits per heavy atom. The lowest BCUT2D eigenvalue weighted by molar-refractivity contribution is -0.141.